The highest BCUT2D eigenvalue weighted by atomic mass is 35.5. The van der Waals surface area contributed by atoms with E-state index in [2.05, 4.69) is 70.9 Å². The molecule has 2 nitrogen and oxygen atoms in total. The number of anilines is 1. The van der Waals surface area contributed by atoms with Crippen molar-refractivity contribution in [1.29, 1.82) is 0 Å². The SMILES string of the molecule is Cl.Cl.c1ccc(CC2CCN(CCCNc3ccccc3)CC2)cc1. The van der Waals surface area contributed by atoms with Crippen LogP contribution in [-0.4, -0.2) is 31.1 Å². The average Bonchev–Trinajstić information content (AvgIpc) is 2.62. The second-order valence-corrected chi connectivity index (χ2v) is 6.62. The Labute approximate surface area is 164 Å². The normalized spacial score (nSPS) is 15.0. The lowest BCUT2D eigenvalue weighted by Crippen LogP contribution is -2.35. The second kappa shape index (κ2) is 12.2. The van der Waals surface area contributed by atoms with Crippen molar-refractivity contribution >= 4 is 30.5 Å². The van der Waals surface area contributed by atoms with Crippen LogP contribution in [0.25, 0.3) is 0 Å². The lowest BCUT2D eigenvalue weighted by atomic mass is 9.90. The van der Waals surface area contributed by atoms with E-state index >= 15 is 0 Å². The number of nitrogens with zero attached hydrogens (tertiary/aromatic N) is 1. The van der Waals surface area contributed by atoms with E-state index in [0.29, 0.717) is 0 Å². The van der Waals surface area contributed by atoms with E-state index in [0.717, 1.165) is 12.5 Å². The van der Waals surface area contributed by atoms with Gasteiger partial charge in [-0.25, -0.2) is 0 Å². The van der Waals surface area contributed by atoms with Gasteiger partial charge in [0.25, 0.3) is 0 Å². The molecule has 0 atom stereocenters. The molecule has 1 aliphatic rings. The molecule has 1 fully saturated rings. The molecule has 0 bridgehead atoms. The van der Waals surface area contributed by atoms with Crippen molar-refractivity contribution in [2.24, 2.45) is 5.92 Å². The molecular weight excluding hydrogens is 351 g/mol. The number of rotatable bonds is 7. The summed E-state index contributed by atoms with van der Waals surface area (Å²) in [5, 5.41) is 3.50. The van der Waals surface area contributed by atoms with E-state index in [9.17, 15) is 0 Å². The fourth-order valence-corrected chi connectivity index (χ4v) is 3.45. The van der Waals surface area contributed by atoms with Crippen molar-refractivity contribution in [3.8, 4) is 0 Å². The fraction of sp³-hybridized carbons (Fsp3) is 0.429. The number of hydrogen-bond donors (Lipinski definition) is 1. The Bertz CT molecular complexity index is 552. The standard InChI is InChI=1S/C21H28N2.2ClH/c1-3-8-19(9-4-1)18-20-12-16-23(17-13-20)15-7-14-22-21-10-5-2-6-11-21;;/h1-6,8-11,20,22H,7,12-18H2;2*1H. The zero-order valence-electron chi connectivity index (χ0n) is 14.8. The van der Waals surface area contributed by atoms with Crippen LogP contribution in [-0.2, 0) is 6.42 Å². The smallest absolute Gasteiger partial charge is 0.0340 e. The third-order valence-electron chi connectivity index (χ3n) is 4.83. The highest BCUT2D eigenvalue weighted by Crippen LogP contribution is 2.21. The van der Waals surface area contributed by atoms with E-state index in [-0.39, 0.29) is 24.8 Å². The van der Waals surface area contributed by atoms with E-state index in [1.807, 2.05) is 0 Å². The maximum Gasteiger partial charge on any atom is 0.0340 e. The molecule has 138 valence electrons. The lowest BCUT2D eigenvalue weighted by molar-refractivity contribution is 0.183. The Balaban J connectivity index is 0.00000156. The van der Waals surface area contributed by atoms with Crippen LogP contribution in [0.3, 0.4) is 0 Å². The van der Waals surface area contributed by atoms with E-state index in [1.165, 1.54) is 56.6 Å². The summed E-state index contributed by atoms with van der Waals surface area (Å²) in [5.41, 5.74) is 2.73. The molecule has 0 saturated carbocycles. The van der Waals surface area contributed by atoms with Crippen molar-refractivity contribution in [3.05, 3.63) is 66.2 Å². The number of hydrogen-bond acceptors (Lipinski definition) is 2. The van der Waals surface area contributed by atoms with Gasteiger partial charge in [-0.3, -0.25) is 0 Å². The van der Waals surface area contributed by atoms with Crippen LogP contribution in [0.4, 0.5) is 5.69 Å². The zero-order valence-corrected chi connectivity index (χ0v) is 16.4. The van der Waals surface area contributed by atoms with Gasteiger partial charge >= 0.3 is 0 Å². The molecular formula is C21H30Cl2N2. The van der Waals surface area contributed by atoms with Crippen LogP contribution in [0.2, 0.25) is 0 Å². The van der Waals surface area contributed by atoms with Gasteiger partial charge < -0.3 is 10.2 Å². The van der Waals surface area contributed by atoms with Gasteiger partial charge in [-0.15, -0.1) is 24.8 Å². The van der Waals surface area contributed by atoms with Gasteiger partial charge in [0.15, 0.2) is 0 Å². The number of likely N-dealkylation sites (tertiary alicyclic amines) is 1. The molecule has 25 heavy (non-hydrogen) atoms. The van der Waals surface area contributed by atoms with Gasteiger partial charge in [0.1, 0.15) is 0 Å². The predicted octanol–water partition coefficient (Wildman–Crippen LogP) is 5.29. The summed E-state index contributed by atoms with van der Waals surface area (Å²) in [6.45, 7) is 4.82. The molecule has 1 aliphatic heterocycles. The molecule has 2 aromatic carbocycles. The van der Waals surface area contributed by atoms with Gasteiger partial charge in [-0.05, 0) is 68.9 Å². The summed E-state index contributed by atoms with van der Waals surface area (Å²) in [4.78, 5) is 2.63. The molecule has 1 saturated heterocycles. The first-order valence-corrected chi connectivity index (χ1v) is 8.95. The average molecular weight is 381 g/mol. The summed E-state index contributed by atoms with van der Waals surface area (Å²) in [7, 11) is 0. The monoisotopic (exact) mass is 380 g/mol. The molecule has 0 aromatic heterocycles. The first-order chi connectivity index (χ1) is 11.4. The fourth-order valence-electron chi connectivity index (χ4n) is 3.45. The van der Waals surface area contributed by atoms with Gasteiger partial charge in [0.05, 0.1) is 0 Å². The minimum Gasteiger partial charge on any atom is -0.385 e. The van der Waals surface area contributed by atoms with E-state index in [1.54, 1.807) is 0 Å². The molecule has 1 heterocycles. The van der Waals surface area contributed by atoms with Crippen molar-refractivity contribution in [2.75, 3.05) is 31.5 Å². The molecule has 0 aliphatic carbocycles. The Morgan fingerprint density at radius 1 is 0.840 bits per heavy atom. The van der Waals surface area contributed by atoms with E-state index < -0.39 is 0 Å². The molecule has 0 amide bonds. The Kier molecular flexibility index (Phi) is 10.6. The maximum absolute atomic E-state index is 3.50. The number of halogens is 2. The Morgan fingerprint density at radius 3 is 2.08 bits per heavy atom. The molecule has 0 unspecified atom stereocenters. The summed E-state index contributed by atoms with van der Waals surface area (Å²) < 4.78 is 0. The van der Waals surface area contributed by atoms with Gasteiger partial charge in [0, 0.05) is 12.2 Å². The third-order valence-corrected chi connectivity index (χ3v) is 4.83. The molecule has 2 aromatic rings. The Hall–Kier alpha value is -1.22. The van der Waals surface area contributed by atoms with Crippen LogP contribution in [0.5, 0.6) is 0 Å². The highest BCUT2D eigenvalue weighted by molar-refractivity contribution is 5.85. The van der Waals surface area contributed by atoms with Gasteiger partial charge in [-0.2, -0.15) is 0 Å². The first-order valence-electron chi connectivity index (χ1n) is 8.95. The van der Waals surface area contributed by atoms with Crippen molar-refractivity contribution < 1.29 is 0 Å². The Morgan fingerprint density at radius 2 is 1.44 bits per heavy atom. The molecule has 1 N–H and O–H groups in total. The predicted molar refractivity (Wildman–Crippen MR) is 113 cm³/mol. The largest absolute Gasteiger partial charge is 0.385 e. The number of piperidine rings is 1. The quantitative estimate of drug-likeness (QED) is 0.656. The second-order valence-electron chi connectivity index (χ2n) is 6.62. The van der Waals surface area contributed by atoms with Crippen molar-refractivity contribution in [2.45, 2.75) is 25.7 Å². The zero-order chi connectivity index (χ0) is 15.7. The maximum atomic E-state index is 3.50. The number of para-hydroxylation sites is 1. The lowest BCUT2D eigenvalue weighted by Gasteiger charge is -2.32. The molecule has 0 spiro atoms. The van der Waals surface area contributed by atoms with Crippen LogP contribution in [0, 0.1) is 5.92 Å². The summed E-state index contributed by atoms with van der Waals surface area (Å²) >= 11 is 0. The van der Waals surface area contributed by atoms with Gasteiger partial charge in [-0.1, -0.05) is 48.5 Å². The molecule has 3 rings (SSSR count). The molecule has 0 radical (unpaired) electrons. The minimum atomic E-state index is 0. The first kappa shape index (κ1) is 21.8. The minimum absolute atomic E-state index is 0. The van der Waals surface area contributed by atoms with Crippen molar-refractivity contribution in [1.82, 2.24) is 4.90 Å². The molecule has 4 heteroatoms. The highest BCUT2D eigenvalue weighted by Gasteiger charge is 2.18. The summed E-state index contributed by atoms with van der Waals surface area (Å²) in [6.07, 6.45) is 5.17. The van der Waals surface area contributed by atoms with Crippen LogP contribution >= 0.6 is 24.8 Å². The summed E-state index contributed by atoms with van der Waals surface area (Å²) in [6, 6.07) is 21.4. The van der Waals surface area contributed by atoms with Crippen LogP contribution < -0.4 is 5.32 Å². The van der Waals surface area contributed by atoms with Crippen molar-refractivity contribution in [3.63, 3.8) is 0 Å². The van der Waals surface area contributed by atoms with Gasteiger partial charge in [0.2, 0.25) is 0 Å². The summed E-state index contributed by atoms with van der Waals surface area (Å²) in [5.74, 6) is 0.871. The van der Waals surface area contributed by atoms with E-state index in [4.69, 9.17) is 0 Å². The van der Waals surface area contributed by atoms with Crippen LogP contribution in [0.15, 0.2) is 60.7 Å². The van der Waals surface area contributed by atoms with Crippen LogP contribution in [0.1, 0.15) is 24.8 Å². The topological polar surface area (TPSA) is 15.3 Å². The number of benzene rings is 2. The number of nitrogens with one attached hydrogen (secondary N) is 1. The third kappa shape index (κ3) is 7.68.